The van der Waals surface area contributed by atoms with Crippen molar-refractivity contribution >= 4 is 5.95 Å². The molecule has 18 heavy (non-hydrogen) atoms. The predicted octanol–water partition coefficient (Wildman–Crippen LogP) is 0.923. The van der Waals surface area contributed by atoms with E-state index in [9.17, 15) is 0 Å². The van der Waals surface area contributed by atoms with Gasteiger partial charge in [0, 0.05) is 17.8 Å². The lowest BCUT2D eigenvalue weighted by molar-refractivity contribution is 0.312. The van der Waals surface area contributed by atoms with Crippen LogP contribution in [0.15, 0.2) is 18.3 Å². The van der Waals surface area contributed by atoms with Gasteiger partial charge in [0.15, 0.2) is 5.82 Å². The zero-order chi connectivity index (χ0) is 13.0. The molecule has 0 aliphatic heterocycles. The van der Waals surface area contributed by atoms with E-state index in [0.717, 1.165) is 0 Å². The number of nitrogens with two attached hydrogens (primary N) is 1. The number of nitrogen functional groups attached to an aromatic ring is 1. The summed E-state index contributed by atoms with van der Waals surface area (Å²) in [7, 11) is 1.55. The van der Waals surface area contributed by atoms with Crippen molar-refractivity contribution in [3.05, 3.63) is 18.3 Å². The molecule has 0 aromatic carbocycles. The molecule has 0 atom stereocenters. The van der Waals surface area contributed by atoms with Gasteiger partial charge >= 0.3 is 6.01 Å². The van der Waals surface area contributed by atoms with Crippen molar-refractivity contribution in [2.24, 2.45) is 0 Å². The Hall–Kier alpha value is -2.44. The lowest BCUT2D eigenvalue weighted by Crippen LogP contribution is -2.04. The molecule has 7 nitrogen and oxygen atoms in total. The Morgan fingerprint density at radius 1 is 1.22 bits per heavy atom. The Kier molecular flexibility index (Phi) is 3.52. The van der Waals surface area contributed by atoms with Gasteiger partial charge in [-0.05, 0) is 13.0 Å². The van der Waals surface area contributed by atoms with Gasteiger partial charge in [-0.25, -0.2) is 4.98 Å². The van der Waals surface area contributed by atoms with Gasteiger partial charge in [-0.2, -0.15) is 15.0 Å². The number of anilines is 1. The highest BCUT2D eigenvalue weighted by molar-refractivity contribution is 5.55. The highest BCUT2D eigenvalue weighted by Gasteiger charge is 2.08. The number of nitrogens with zero attached hydrogens (tertiary/aromatic N) is 4. The first kappa shape index (κ1) is 12.0. The normalized spacial score (nSPS) is 10.1. The Balaban J connectivity index is 2.36. The van der Waals surface area contributed by atoms with E-state index >= 15 is 0 Å². The molecular formula is C11H13N5O2. The lowest BCUT2D eigenvalue weighted by atomic mass is 10.3. The second-order valence-electron chi connectivity index (χ2n) is 3.32. The Morgan fingerprint density at radius 3 is 2.67 bits per heavy atom. The van der Waals surface area contributed by atoms with Crippen molar-refractivity contribution in [2.45, 2.75) is 6.92 Å². The third-order valence-electron chi connectivity index (χ3n) is 2.11. The van der Waals surface area contributed by atoms with E-state index in [4.69, 9.17) is 15.2 Å². The summed E-state index contributed by atoms with van der Waals surface area (Å²) >= 11 is 0. The maximum Gasteiger partial charge on any atom is 0.321 e. The van der Waals surface area contributed by atoms with Crippen molar-refractivity contribution in [2.75, 3.05) is 19.5 Å². The first-order chi connectivity index (χ1) is 8.72. The maximum atomic E-state index is 5.60. The summed E-state index contributed by atoms with van der Waals surface area (Å²) < 4.78 is 10.2. The highest BCUT2D eigenvalue weighted by atomic mass is 16.5. The second-order valence-corrected chi connectivity index (χ2v) is 3.32. The SMILES string of the molecule is CCOc1nc(N)nc(-c2ccc(OC)nc2)n1. The topological polar surface area (TPSA) is 96.0 Å². The third kappa shape index (κ3) is 2.62. The van der Waals surface area contributed by atoms with Crippen molar-refractivity contribution in [3.63, 3.8) is 0 Å². The molecule has 2 aromatic rings. The molecule has 2 rings (SSSR count). The van der Waals surface area contributed by atoms with Gasteiger partial charge in [-0.3, -0.25) is 0 Å². The summed E-state index contributed by atoms with van der Waals surface area (Å²) in [4.78, 5) is 16.1. The van der Waals surface area contributed by atoms with Gasteiger partial charge in [0.1, 0.15) is 0 Å². The quantitative estimate of drug-likeness (QED) is 0.858. The van der Waals surface area contributed by atoms with Crippen LogP contribution in [0.4, 0.5) is 5.95 Å². The number of hydrogen-bond donors (Lipinski definition) is 1. The molecule has 0 spiro atoms. The summed E-state index contributed by atoms with van der Waals surface area (Å²) in [5.41, 5.74) is 6.31. The summed E-state index contributed by atoms with van der Waals surface area (Å²) in [5, 5.41) is 0. The Labute approximate surface area is 104 Å². The third-order valence-corrected chi connectivity index (χ3v) is 2.11. The largest absolute Gasteiger partial charge is 0.481 e. The van der Waals surface area contributed by atoms with E-state index in [1.807, 2.05) is 6.92 Å². The minimum Gasteiger partial charge on any atom is -0.481 e. The molecular weight excluding hydrogens is 234 g/mol. The highest BCUT2D eigenvalue weighted by Crippen LogP contribution is 2.18. The Morgan fingerprint density at radius 2 is 2.06 bits per heavy atom. The van der Waals surface area contributed by atoms with Crippen LogP contribution in [-0.4, -0.2) is 33.7 Å². The first-order valence-electron chi connectivity index (χ1n) is 5.37. The van der Waals surface area contributed by atoms with Crippen LogP contribution in [0.1, 0.15) is 6.92 Å². The molecule has 7 heteroatoms. The van der Waals surface area contributed by atoms with Crippen LogP contribution in [0.3, 0.4) is 0 Å². The van der Waals surface area contributed by atoms with Gasteiger partial charge < -0.3 is 15.2 Å². The standard InChI is InChI=1S/C11H13N5O2/c1-3-18-11-15-9(14-10(12)16-11)7-4-5-8(17-2)13-6-7/h4-6H,3H2,1-2H3,(H2,12,14,15,16). The molecule has 2 aromatic heterocycles. The van der Waals surface area contributed by atoms with Crippen LogP contribution in [0.25, 0.3) is 11.4 Å². The van der Waals surface area contributed by atoms with Crippen molar-refractivity contribution in [3.8, 4) is 23.3 Å². The van der Waals surface area contributed by atoms with E-state index in [1.165, 1.54) is 0 Å². The molecule has 0 aliphatic carbocycles. The van der Waals surface area contributed by atoms with E-state index in [-0.39, 0.29) is 12.0 Å². The molecule has 0 saturated carbocycles. The molecule has 2 heterocycles. The molecule has 0 bridgehead atoms. The zero-order valence-electron chi connectivity index (χ0n) is 10.1. The van der Waals surface area contributed by atoms with Crippen LogP contribution in [0, 0.1) is 0 Å². The van der Waals surface area contributed by atoms with Gasteiger partial charge in [-0.15, -0.1) is 0 Å². The molecule has 2 N–H and O–H groups in total. The fraction of sp³-hybridized carbons (Fsp3) is 0.273. The number of aromatic nitrogens is 4. The van der Waals surface area contributed by atoms with E-state index in [0.29, 0.717) is 23.9 Å². The summed E-state index contributed by atoms with van der Waals surface area (Å²) in [5.74, 6) is 1.05. The summed E-state index contributed by atoms with van der Waals surface area (Å²) in [6.45, 7) is 2.30. The fourth-order valence-corrected chi connectivity index (χ4v) is 1.33. The minimum absolute atomic E-state index is 0.110. The maximum absolute atomic E-state index is 5.60. The number of pyridine rings is 1. The van der Waals surface area contributed by atoms with Crippen LogP contribution >= 0.6 is 0 Å². The average Bonchev–Trinajstić information content (AvgIpc) is 2.38. The van der Waals surface area contributed by atoms with E-state index < -0.39 is 0 Å². The summed E-state index contributed by atoms with van der Waals surface area (Å²) in [6, 6.07) is 3.71. The Bertz CT molecular complexity index is 529. The minimum atomic E-state index is 0.110. The van der Waals surface area contributed by atoms with Crippen molar-refractivity contribution in [1.29, 1.82) is 0 Å². The van der Waals surface area contributed by atoms with Crippen molar-refractivity contribution < 1.29 is 9.47 Å². The van der Waals surface area contributed by atoms with Gasteiger partial charge in [-0.1, -0.05) is 0 Å². The van der Waals surface area contributed by atoms with E-state index in [1.54, 1.807) is 25.4 Å². The summed E-state index contributed by atoms with van der Waals surface area (Å²) in [6.07, 6.45) is 1.60. The van der Waals surface area contributed by atoms with Gasteiger partial charge in [0.25, 0.3) is 0 Å². The van der Waals surface area contributed by atoms with Gasteiger partial charge in [0.05, 0.1) is 13.7 Å². The first-order valence-corrected chi connectivity index (χ1v) is 5.37. The number of rotatable bonds is 4. The smallest absolute Gasteiger partial charge is 0.321 e. The van der Waals surface area contributed by atoms with E-state index in [2.05, 4.69) is 19.9 Å². The monoisotopic (exact) mass is 247 g/mol. The molecule has 0 unspecified atom stereocenters. The molecule has 0 fully saturated rings. The average molecular weight is 247 g/mol. The number of ether oxygens (including phenoxy) is 2. The van der Waals surface area contributed by atoms with Crippen LogP contribution in [0.2, 0.25) is 0 Å². The van der Waals surface area contributed by atoms with Crippen LogP contribution in [0.5, 0.6) is 11.9 Å². The van der Waals surface area contributed by atoms with Crippen LogP contribution < -0.4 is 15.2 Å². The van der Waals surface area contributed by atoms with Crippen molar-refractivity contribution in [1.82, 2.24) is 19.9 Å². The number of hydrogen-bond acceptors (Lipinski definition) is 7. The fourth-order valence-electron chi connectivity index (χ4n) is 1.33. The molecule has 0 radical (unpaired) electrons. The zero-order valence-corrected chi connectivity index (χ0v) is 10.1. The van der Waals surface area contributed by atoms with Gasteiger partial charge in [0.2, 0.25) is 11.8 Å². The second kappa shape index (κ2) is 5.26. The molecule has 94 valence electrons. The predicted molar refractivity (Wildman–Crippen MR) is 65.2 cm³/mol. The number of methoxy groups -OCH3 is 1. The molecule has 0 amide bonds. The molecule has 0 saturated heterocycles. The molecule has 0 aliphatic rings. The van der Waals surface area contributed by atoms with Crippen LogP contribution in [-0.2, 0) is 0 Å². The lowest BCUT2D eigenvalue weighted by Gasteiger charge is -2.05.